The zero-order valence-corrected chi connectivity index (χ0v) is 11.2. The maximum absolute atomic E-state index is 11.6. The molecule has 0 bridgehead atoms. The minimum Gasteiger partial charge on any atom is -0.443 e. The number of rotatable bonds is 4. The molecule has 2 aliphatic heterocycles. The topological polar surface area (TPSA) is 68.0 Å². The van der Waals surface area contributed by atoms with Crippen molar-refractivity contribution in [1.82, 2.24) is 9.80 Å². The van der Waals surface area contributed by atoms with Crippen LogP contribution in [0.25, 0.3) is 0 Å². The lowest BCUT2D eigenvalue weighted by Crippen LogP contribution is -2.50. The maximum atomic E-state index is 11.6. The molecule has 2 fully saturated rings. The number of hydrogen-bond donors (Lipinski definition) is 1. The van der Waals surface area contributed by atoms with Gasteiger partial charge in [-0.1, -0.05) is 0 Å². The van der Waals surface area contributed by atoms with Gasteiger partial charge in [0.25, 0.3) is 0 Å². The Bertz CT molecular complexity index is 298. The van der Waals surface area contributed by atoms with Crippen LogP contribution in [0.15, 0.2) is 0 Å². The minimum absolute atomic E-state index is 0.0743. The van der Waals surface area contributed by atoms with Gasteiger partial charge in [-0.2, -0.15) is 0 Å². The number of carbonyl (C=O) groups is 1. The number of amides is 1. The van der Waals surface area contributed by atoms with Crippen LogP contribution in [-0.4, -0.2) is 73.5 Å². The molecule has 0 aromatic rings. The Kier molecular flexibility index (Phi) is 4.42. The summed E-state index contributed by atoms with van der Waals surface area (Å²) in [5, 5.41) is 0. The first kappa shape index (κ1) is 13.6. The van der Waals surface area contributed by atoms with Crippen molar-refractivity contribution >= 4 is 6.09 Å². The third-order valence-corrected chi connectivity index (χ3v) is 3.54. The Morgan fingerprint density at radius 2 is 2.17 bits per heavy atom. The fraction of sp³-hybridized carbons (Fsp3) is 0.917. The fourth-order valence-electron chi connectivity index (χ4n) is 2.41. The van der Waals surface area contributed by atoms with E-state index in [0.717, 1.165) is 19.7 Å². The first-order chi connectivity index (χ1) is 8.60. The fourth-order valence-corrected chi connectivity index (χ4v) is 2.41. The lowest BCUT2D eigenvalue weighted by atomic mass is 10.2. The summed E-state index contributed by atoms with van der Waals surface area (Å²) < 4.78 is 10.8. The SMILES string of the molecule is CC(C)N1CCOC(CN2CC(CN)OC2=O)C1. The molecule has 0 aromatic heterocycles. The number of ether oxygens (including phenoxy) is 2. The van der Waals surface area contributed by atoms with E-state index in [9.17, 15) is 4.79 Å². The second-order valence-corrected chi connectivity index (χ2v) is 5.23. The number of cyclic esters (lactones) is 1. The van der Waals surface area contributed by atoms with Crippen molar-refractivity contribution in [2.45, 2.75) is 32.1 Å². The van der Waals surface area contributed by atoms with Gasteiger partial charge in [-0.05, 0) is 13.8 Å². The predicted molar refractivity (Wildman–Crippen MR) is 67.3 cm³/mol. The Balaban J connectivity index is 1.84. The molecule has 0 aliphatic carbocycles. The summed E-state index contributed by atoms with van der Waals surface area (Å²) in [6.45, 7) is 8.47. The van der Waals surface area contributed by atoms with E-state index in [2.05, 4.69) is 18.7 Å². The Morgan fingerprint density at radius 3 is 2.78 bits per heavy atom. The van der Waals surface area contributed by atoms with Crippen LogP contribution in [0.1, 0.15) is 13.8 Å². The van der Waals surface area contributed by atoms with Crippen molar-refractivity contribution in [2.75, 3.05) is 39.3 Å². The molecule has 2 atom stereocenters. The highest BCUT2D eigenvalue weighted by atomic mass is 16.6. The molecule has 2 unspecified atom stereocenters. The van der Waals surface area contributed by atoms with Gasteiger partial charge in [0.2, 0.25) is 0 Å². The average Bonchev–Trinajstić information content (AvgIpc) is 2.70. The first-order valence-corrected chi connectivity index (χ1v) is 6.61. The lowest BCUT2D eigenvalue weighted by Gasteiger charge is -2.36. The van der Waals surface area contributed by atoms with E-state index >= 15 is 0 Å². The summed E-state index contributed by atoms with van der Waals surface area (Å²) in [5.74, 6) is 0. The van der Waals surface area contributed by atoms with Crippen LogP contribution >= 0.6 is 0 Å². The first-order valence-electron chi connectivity index (χ1n) is 6.61. The highest BCUT2D eigenvalue weighted by Crippen LogP contribution is 2.15. The molecule has 6 nitrogen and oxygen atoms in total. The van der Waals surface area contributed by atoms with Gasteiger partial charge in [0.05, 0.1) is 25.8 Å². The van der Waals surface area contributed by atoms with Crippen molar-refractivity contribution in [3.63, 3.8) is 0 Å². The van der Waals surface area contributed by atoms with Gasteiger partial charge in [-0.25, -0.2) is 4.79 Å². The second-order valence-electron chi connectivity index (χ2n) is 5.23. The van der Waals surface area contributed by atoms with E-state index in [1.54, 1.807) is 4.90 Å². The summed E-state index contributed by atoms with van der Waals surface area (Å²) in [4.78, 5) is 15.7. The third-order valence-electron chi connectivity index (χ3n) is 3.54. The van der Waals surface area contributed by atoms with Crippen LogP contribution in [0, 0.1) is 0 Å². The smallest absolute Gasteiger partial charge is 0.410 e. The molecular weight excluding hydrogens is 234 g/mol. The Morgan fingerprint density at radius 1 is 1.39 bits per heavy atom. The van der Waals surface area contributed by atoms with Crippen LogP contribution < -0.4 is 5.73 Å². The molecule has 2 aliphatic rings. The van der Waals surface area contributed by atoms with Gasteiger partial charge >= 0.3 is 6.09 Å². The number of nitrogens with zero attached hydrogens (tertiary/aromatic N) is 2. The van der Waals surface area contributed by atoms with Gasteiger partial charge in [-0.15, -0.1) is 0 Å². The van der Waals surface area contributed by atoms with Gasteiger partial charge in [-0.3, -0.25) is 4.90 Å². The molecule has 0 aromatic carbocycles. The number of hydrogen-bond acceptors (Lipinski definition) is 5. The molecule has 6 heteroatoms. The predicted octanol–water partition coefficient (Wildman–Crippen LogP) is -0.125. The molecular formula is C12H23N3O3. The van der Waals surface area contributed by atoms with Crippen LogP contribution in [0.3, 0.4) is 0 Å². The summed E-state index contributed by atoms with van der Waals surface area (Å²) in [6, 6.07) is 0.513. The zero-order valence-electron chi connectivity index (χ0n) is 11.2. The Hall–Kier alpha value is -0.850. The van der Waals surface area contributed by atoms with E-state index in [0.29, 0.717) is 25.7 Å². The molecule has 2 heterocycles. The second kappa shape index (κ2) is 5.86. The molecule has 104 valence electrons. The van der Waals surface area contributed by atoms with Gasteiger partial charge in [0, 0.05) is 25.7 Å². The standard InChI is InChI=1S/C12H23N3O3/c1-9(2)14-3-4-17-11(7-14)8-15-6-10(5-13)18-12(15)16/h9-11H,3-8,13H2,1-2H3. The van der Waals surface area contributed by atoms with Crippen molar-refractivity contribution in [3.05, 3.63) is 0 Å². The zero-order chi connectivity index (χ0) is 13.1. The van der Waals surface area contributed by atoms with Crippen molar-refractivity contribution in [1.29, 1.82) is 0 Å². The van der Waals surface area contributed by atoms with Gasteiger partial charge in [0.15, 0.2) is 0 Å². The summed E-state index contributed by atoms with van der Waals surface area (Å²) in [5.41, 5.74) is 5.51. The van der Waals surface area contributed by atoms with E-state index < -0.39 is 0 Å². The highest BCUT2D eigenvalue weighted by molar-refractivity contribution is 5.69. The largest absolute Gasteiger partial charge is 0.443 e. The highest BCUT2D eigenvalue weighted by Gasteiger charge is 2.33. The normalized spacial score (nSPS) is 30.0. The van der Waals surface area contributed by atoms with Crippen molar-refractivity contribution in [2.24, 2.45) is 5.73 Å². The molecule has 0 spiro atoms. The van der Waals surface area contributed by atoms with Crippen molar-refractivity contribution < 1.29 is 14.3 Å². The maximum Gasteiger partial charge on any atom is 0.410 e. The van der Waals surface area contributed by atoms with Crippen LogP contribution in [0.2, 0.25) is 0 Å². The van der Waals surface area contributed by atoms with Crippen LogP contribution in [0.5, 0.6) is 0 Å². The quantitative estimate of drug-likeness (QED) is 0.760. The monoisotopic (exact) mass is 257 g/mol. The molecule has 2 saturated heterocycles. The average molecular weight is 257 g/mol. The molecule has 0 saturated carbocycles. The molecule has 1 amide bonds. The third kappa shape index (κ3) is 3.13. The van der Waals surface area contributed by atoms with E-state index in [-0.39, 0.29) is 18.3 Å². The minimum atomic E-state index is -0.268. The van der Waals surface area contributed by atoms with E-state index in [1.807, 2.05) is 0 Å². The summed E-state index contributed by atoms with van der Waals surface area (Å²) in [7, 11) is 0. The molecule has 2 N–H and O–H groups in total. The summed E-state index contributed by atoms with van der Waals surface area (Å²) >= 11 is 0. The molecule has 2 rings (SSSR count). The van der Waals surface area contributed by atoms with Gasteiger partial charge < -0.3 is 20.1 Å². The molecule has 18 heavy (non-hydrogen) atoms. The Labute approximate surface area is 108 Å². The number of morpholine rings is 1. The summed E-state index contributed by atoms with van der Waals surface area (Å²) in [6.07, 6.45) is -0.358. The lowest BCUT2D eigenvalue weighted by molar-refractivity contribution is -0.0467. The van der Waals surface area contributed by atoms with E-state index in [1.165, 1.54) is 0 Å². The van der Waals surface area contributed by atoms with Gasteiger partial charge in [0.1, 0.15) is 6.10 Å². The van der Waals surface area contributed by atoms with Crippen LogP contribution in [-0.2, 0) is 9.47 Å². The van der Waals surface area contributed by atoms with Crippen molar-refractivity contribution in [3.8, 4) is 0 Å². The van der Waals surface area contributed by atoms with Crippen LogP contribution in [0.4, 0.5) is 4.79 Å². The number of nitrogens with two attached hydrogens (primary N) is 1. The molecule has 0 radical (unpaired) electrons. The van der Waals surface area contributed by atoms with E-state index in [4.69, 9.17) is 15.2 Å². The number of carbonyl (C=O) groups excluding carboxylic acids is 1.